The second kappa shape index (κ2) is 8.83. The van der Waals surface area contributed by atoms with Gasteiger partial charge in [0.05, 0.1) is 19.0 Å². The van der Waals surface area contributed by atoms with Crippen LogP contribution in [0.5, 0.6) is 0 Å². The Balaban J connectivity index is 1.50. The molecule has 1 saturated heterocycles. The first kappa shape index (κ1) is 19.8. The summed E-state index contributed by atoms with van der Waals surface area (Å²) in [6, 6.07) is 10.8. The van der Waals surface area contributed by atoms with E-state index in [0.717, 1.165) is 32.2 Å². The van der Waals surface area contributed by atoms with Gasteiger partial charge in [-0.2, -0.15) is 0 Å². The number of rotatable bonds is 6. The lowest BCUT2D eigenvalue weighted by molar-refractivity contribution is -0.0209. The van der Waals surface area contributed by atoms with Crippen molar-refractivity contribution in [3.63, 3.8) is 0 Å². The van der Waals surface area contributed by atoms with Gasteiger partial charge in [0.15, 0.2) is 0 Å². The van der Waals surface area contributed by atoms with Gasteiger partial charge in [0.25, 0.3) is 0 Å². The number of likely N-dealkylation sites (N-methyl/N-ethyl adjacent to an activating group) is 1. The Hall–Kier alpha value is -0.950. The van der Waals surface area contributed by atoms with Crippen LogP contribution >= 0.6 is 0 Å². The maximum atomic E-state index is 11.7. The van der Waals surface area contributed by atoms with Crippen LogP contribution in [-0.4, -0.2) is 58.0 Å². The molecule has 1 heterocycles. The molecule has 1 aliphatic carbocycles. The van der Waals surface area contributed by atoms with Gasteiger partial charge in [-0.05, 0) is 63.6 Å². The molecule has 2 aliphatic rings. The quantitative estimate of drug-likeness (QED) is 0.824. The first-order chi connectivity index (χ1) is 12.4. The Kier molecular flexibility index (Phi) is 6.72. The predicted octanol–water partition coefficient (Wildman–Crippen LogP) is 2.74. The second-order valence-electron chi connectivity index (χ2n) is 7.90. The highest BCUT2D eigenvalue weighted by Gasteiger charge is 2.32. The Morgan fingerprint density at radius 3 is 2.46 bits per heavy atom. The molecule has 3 rings (SSSR count). The molecular formula is C20H32N2O3S. The van der Waals surface area contributed by atoms with Crippen LogP contribution in [-0.2, 0) is 14.8 Å². The average molecular weight is 381 g/mol. The fourth-order valence-corrected chi connectivity index (χ4v) is 5.23. The molecule has 0 bridgehead atoms. The lowest BCUT2D eigenvalue weighted by Gasteiger charge is -2.40. The molecule has 0 amide bonds. The molecule has 0 radical (unpaired) electrons. The highest BCUT2D eigenvalue weighted by Crippen LogP contribution is 2.34. The Labute approximate surface area is 158 Å². The first-order valence-electron chi connectivity index (χ1n) is 9.76. The standard InChI is InChI=1S/C20H32N2O3S/c1-22-14-6-9-19(21-26(2,23)24)20(22)15-25-18-12-10-17(11-13-18)16-7-4-3-5-8-16/h3-5,7-8,17-21H,6,9-15H2,1-2H3/t17?,18?,19-,20-/m0/s1. The molecule has 26 heavy (non-hydrogen) atoms. The van der Waals surface area contributed by atoms with Crippen LogP contribution < -0.4 is 4.72 Å². The molecule has 1 saturated carbocycles. The number of likely N-dealkylation sites (tertiary alicyclic amines) is 1. The third-order valence-corrected chi connectivity index (χ3v) is 6.60. The van der Waals surface area contributed by atoms with E-state index in [-0.39, 0.29) is 12.1 Å². The maximum Gasteiger partial charge on any atom is 0.209 e. The van der Waals surface area contributed by atoms with Crippen molar-refractivity contribution in [1.29, 1.82) is 0 Å². The minimum Gasteiger partial charge on any atom is -0.377 e. The van der Waals surface area contributed by atoms with E-state index in [0.29, 0.717) is 18.6 Å². The van der Waals surface area contributed by atoms with E-state index in [1.165, 1.54) is 24.7 Å². The lowest BCUT2D eigenvalue weighted by atomic mass is 9.83. The van der Waals surface area contributed by atoms with Crippen LogP contribution in [0.2, 0.25) is 0 Å². The molecule has 2 fully saturated rings. The molecule has 0 unspecified atom stereocenters. The Morgan fingerprint density at radius 2 is 1.81 bits per heavy atom. The number of piperidine rings is 1. The minimum atomic E-state index is -3.19. The zero-order chi connectivity index (χ0) is 18.6. The third kappa shape index (κ3) is 5.52. The van der Waals surface area contributed by atoms with Crippen LogP contribution in [0.1, 0.15) is 50.0 Å². The smallest absolute Gasteiger partial charge is 0.209 e. The van der Waals surface area contributed by atoms with E-state index in [2.05, 4.69) is 47.0 Å². The summed E-state index contributed by atoms with van der Waals surface area (Å²) in [5, 5.41) is 0. The molecule has 2 atom stereocenters. The van der Waals surface area contributed by atoms with Crippen LogP contribution in [0, 0.1) is 0 Å². The first-order valence-corrected chi connectivity index (χ1v) is 11.7. The molecule has 1 aromatic rings. The number of sulfonamides is 1. The SMILES string of the molecule is CN1CCC[C@H](NS(C)(=O)=O)[C@@H]1COC1CCC(c2ccccc2)CC1. The van der Waals surface area contributed by atoms with Crippen molar-refractivity contribution >= 4 is 10.0 Å². The van der Waals surface area contributed by atoms with Gasteiger partial charge in [-0.15, -0.1) is 0 Å². The van der Waals surface area contributed by atoms with E-state index in [9.17, 15) is 8.42 Å². The zero-order valence-electron chi connectivity index (χ0n) is 15.9. The number of benzene rings is 1. The number of hydrogen-bond acceptors (Lipinski definition) is 4. The second-order valence-corrected chi connectivity index (χ2v) is 9.68. The van der Waals surface area contributed by atoms with Gasteiger partial charge >= 0.3 is 0 Å². The monoisotopic (exact) mass is 380 g/mol. The molecule has 146 valence electrons. The average Bonchev–Trinajstić information content (AvgIpc) is 2.61. The van der Waals surface area contributed by atoms with Crippen LogP contribution in [0.4, 0.5) is 0 Å². The summed E-state index contributed by atoms with van der Waals surface area (Å²) in [5.74, 6) is 0.646. The fraction of sp³-hybridized carbons (Fsp3) is 0.700. The van der Waals surface area contributed by atoms with Gasteiger partial charge in [0.2, 0.25) is 10.0 Å². The molecule has 1 N–H and O–H groups in total. The van der Waals surface area contributed by atoms with E-state index >= 15 is 0 Å². The molecular weight excluding hydrogens is 348 g/mol. The number of nitrogens with zero attached hydrogens (tertiary/aromatic N) is 1. The van der Waals surface area contributed by atoms with Gasteiger partial charge in [-0.1, -0.05) is 30.3 Å². The topological polar surface area (TPSA) is 58.6 Å². The van der Waals surface area contributed by atoms with Crippen molar-refractivity contribution in [3.8, 4) is 0 Å². The van der Waals surface area contributed by atoms with E-state index in [4.69, 9.17) is 4.74 Å². The molecule has 0 aromatic heterocycles. The summed E-state index contributed by atoms with van der Waals surface area (Å²) >= 11 is 0. The van der Waals surface area contributed by atoms with Gasteiger partial charge < -0.3 is 4.74 Å². The molecule has 1 aromatic carbocycles. The molecule has 5 nitrogen and oxygen atoms in total. The largest absolute Gasteiger partial charge is 0.377 e. The predicted molar refractivity (Wildman–Crippen MR) is 105 cm³/mol. The summed E-state index contributed by atoms with van der Waals surface area (Å²) in [5.41, 5.74) is 1.44. The van der Waals surface area contributed by atoms with Gasteiger partial charge in [-0.3, -0.25) is 4.90 Å². The highest BCUT2D eigenvalue weighted by molar-refractivity contribution is 7.88. The van der Waals surface area contributed by atoms with E-state index in [1.807, 2.05) is 0 Å². The van der Waals surface area contributed by atoms with E-state index in [1.54, 1.807) is 0 Å². The summed E-state index contributed by atoms with van der Waals surface area (Å²) in [6.07, 6.45) is 7.93. The van der Waals surface area contributed by atoms with Gasteiger partial charge in [-0.25, -0.2) is 13.1 Å². The van der Waals surface area contributed by atoms with Crippen LogP contribution in [0.3, 0.4) is 0 Å². The number of ether oxygens (including phenoxy) is 1. The van der Waals surface area contributed by atoms with Crippen LogP contribution in [0.15, 0.2) is 30.3 Å². The van der Waals surface area contributed by atoms with Gasteiger partial charge in [0, 0.05) is 12.1 Å². The lowest BCUT2D eigenvalue weighted by Crippen LogP contribution is -2.56. The Bertz CT molecular complexity index is 657. The van der Waals surface area contributed by atoms with Crippen molar-refractivity contribution in [2.45, 2.75) is 62.6 Å². The van der Waals surface area contributed by atoms with Crippen molar-refractivity contribution in [3.05, 3.63) is 35.9 Å². The van der Waals surface area contributed by atoms with Crippen molar-refractivity contribution < 1.29 is 13.2 Å². The van der Waals surface area contributed by atoms with Gasteiger partial charge in [0.1, 0.15) is 0 Å². The van der Waals surface area contributed by atoms with E-state index < -0.39 is 10.0 Å². The summed E-state index contributed by atoms with van der Waals surface area (Å²) < 4.78 is 32.4. The summed E-state index contributed by atoms with van der Waals surface area (Å²) in [4.78, 5) is 2.24. The molecule has 1 aliphatic heterocycles. The van der Waals surface area contributed by atoms with Crippen molar-refractivity contribution in [2.75, 3.05) is 26.5 Å². The highest BCUT2D eigenvalue weighted by atomic mass is 32.2. The minimum absolute atomic E-state index is 0.0515. The normalized spacial score (nSPS) is 31.0. The van der Waals surface area contributed by atoms with Crippen LogP contribution in [0.25, 0.3) is 0 Å². The van der Waals surface area contributed by atoms with Crippen molar-refractivity contribution in [2.24, 2.45) is 0 Å². The molecule has 6 heteroatoms. The fourth-order valence-electron chi connectivity index (χ4n) is 4.40. The molecule has 0 spiro atoms. The Morgan fingerprint density at radius 1 is 1.12 bits per heavy atom. The zero-order valence-corrected chi connectivity index (χ0v) is 16.7. The van der Waals surface area contributed by atoms with Crippen molar-refractivity contribution in [1.82, 2.24) is 9.62 Å². The maximum absolute atomic E-state index is 11.7. The number of nitrogens with one attached hydrogen (secondary N) is 1. The summed E-state index contributed by atoms with van der Waals surface area (Å²) in [6.45, 7) is 1.60. The summed E-state index contributed by atoms with van der Waals surface area (Å²) in [7, 11) is -1.13. The third-order valence-electron chi connectivity index (χ3n) is 5.87. The number of hydrogen-bond donors (Lipinski definition) is 1.